The van der Waals surface area contributed by atoms with Gasteiger partial charge in [-0.2, -0.15) is 5.26 Å². The summed E-state index contributed by atoms with van der Waals surface area (Å²) in [6.07, 6.45) is 0. The molecule has 1 aromatic rings. The summed E-state index contributed by atoms with van der Waals surface area (Å²) in [5.41, 5.74) is 0.701. The number of nitriles is 1. The molecule has 12 heavy (non-hydrogen) atoms. The molecule has 0 aliphatic rings. The Balaban J connectivity index is 3.18. The Hall–Kier alpha value is -0.230. The summed E-state index contributed by atoms with van der Waals surface area (Å²) in [7, 11) is 0. The third-order valence-corrected chi connectivity index (χ3v) is 2.90. The SMILES string of the molecule is N#CC(Br)c1cccc(Cl)c1Cl. The summed E-state index contributed by atoms with van der Waals surface area (Å²) in [6.45, 7) is 0. The van der Waals surface area contributed by atoms with E-state index in [0.29, 0.717) is 15.6 Å². The van der Waals surface area contributed by atoms with Crippen LogP contribution in [0.5, 0.6) is 0 Å². The van der Waals surface area contributed by atoms with Gasteiger partial charge in [0.2, 0.25) is 0 Å². The maximum absolute atomic E-state index is 8.60. The summed E-state index contributed by atoms with van der Waals surface area (Å²) in [4.78, 5) is -0.399. The van der Waals surface area contributed by atoms with Crippen LogP contribution < -0.4 is 0 Å². The lowest BCUT2D eigenvalue weighted by Gasteiger charge is -2.04. The number of nitrogens with zero attached hydrogens (tertiary/aromatic N) is 1. The Kier molecular flexibility index (Phi) is 3.39. The van der Waals surface area contributed by atoms with Crippen LogP contribution in [0.3, 0.4) is 0 Å². The second kappa shape index (κ2) is 4.13. The molecular weight excluding hydrogens is 261 g/mol. The number of halogens is 3. The molecule has 0 saturated carbocycles. The Bertz CT molecular complexity index is 332. The molecule has 1 aromatic carbocycles. The minimum absolute atomic E-state index is 0.399. The van der Waals surface area contributed by atoms with Crippen molar-refractivity contribution in [3.8, 4) is 6.07 Å². The monoisotopic (exact) mass is 263 g/mol. The lowest BCUT2D eigenvalue weighted by molar-refractivity contribution is 1.25. The predicted molar refractivity (Wildman–Crippen MR) is 53.7 cm³/mol. The number of alkyl halides is 1. The first-order valence-electron chi connectivity index (χ1n) is 3.14. The van der Waals surface area contributed by atoms with E-state index in [1.807, 2.05) is 6.07 Å². The molecule has 0 fully saturated rings. The summed E-state index contributed by atoms with van der Waals surface area (Å²) in [5.74, 6) is 0. The van der Waals surface area contributed by atoms with Crippen LogP contribution in [-0.4, -0.2) is 0 Å². The fraction of sp³-hybridized carbons (Fsp3) is 0.125. The van der Waals surface area contributed by atoms with Crippen molar-refractivity contribution in [3.05, 3.63) is 33.8 Å². The molecule has 0 aromatic heterocycles. The first-order valence-corrected chi connectivity index (χ1v) is 4.81. The van der Waals surface area contributed by atoms with Gasteiger partial charge in [0.05, 0.1) is 16.1 Å². The Morgan fingerprint density at radius 1 is 1.42 bits per heavy atom. The quantitative estimate of drug-likeness (QED) is 0.705. The molecular formula is C8H4BrCl2N. The maximum Gasteiger partial charge on any atom is 0.128 e. The third-order valence-electron chi connectivity index (χ3n) is 1.37. The van der Waals surface area contributed by atoms with E-state index < -0.39 is 4.83 Å². The van der Waals surface area contributed by atoms with Crippen molar-refractivity contribution in [2.24, 2.45) is 0 Å². The highest BCUT2D eigenvalue weighted by molar-refractivity contribution is 9.09. The van der Waals surface area contributed by atoms with E-state index in [2.05, 4.69) is 15.9 Å². The van der Waals surface area contributed by atoms with Crippen molar-refractivity contribution in [2.45, 2.75) is 4.83 Å². The van der Waals surface area contributed by atoms with Crippen molar-refractivity contribution in [1.29, 1.82) is 5.26 Å². The van der Waals surface area contributed by atoms with Crippen molar-refractivity contribution < 1.29 is 0 Å². The van der Waals surface area contributed by atoms with Gasteiger partial charge in [-0.15, -0.1) is 0 Å². The van der Waals surface area contributed by atoms with Gasteiger partial charge in [0, 0.05) is 0 Å². The van der Waals surface area contributed by atoms with Crippen LogP contribution in [0.2, 0.25) is 10.0 Å². The van der Waals surface area contributed by atoms with Gasteiger partial charge < -0.3 is 0 Å². The highest BCUT2D eigenvalue weighted by Gasteiger charge is 2.11. The van der Waals surface area contributed by atoms with Gasteiger partial charge in [-0.1, -0.05) is 51.3 Å². The normalized spacial score (nSPS) is 12.2. The maximum atomic E-state index is 8.60. The molecule has 0 amide bonds. The highest BCUT2D eigenvalue weighted by Crippen LogP contribution is 2.33. The van der Waals surface area contributed by atoms with Crippen molar-refractivity contribution >= 4 is 39.1 Å². The van der Waals surface area contributed by atoms with Gasteiger partial charge in [0.1, 0.15) is 4.83 Å². The van der Waals surface area contributed by atoms with Crippen molar-refractivity contribution in [2.75, 3.05) is 0 Å². The summed E-state index contributed by atoms with van der Waals surface area (Å²) in [5, 5.41) is 9.50. The van der Waals surface area contributed by atoms with Crippen LogP contribution in [0.1, 0.15) is 10.4 Å². The molecule has 0 aliphatic carbocycles. The molecule has 0 bridgehead atoms. The fourth-order valence-electron chi connectivity index (χ4n) is 0.786. The standard InChI is InChI=1S/C8H4BrCl2N/c9-6(4-12)5-2-1-3-7(10)8(5)11/h1-3,6H. The summed E-state index contributed by atoms with van der Waals surface area (Å²) >= 11 is 14.8. The van der Waals surface area contributed by atoms with E-state index in [1.54, 1.807) is 18.2 Å². The number of benzene rings is 1. The van der Waals surface area contributed by atoms with Gasteiger partial charge in [-0.3, -0.25) is 0 Å². The van der Waals surface area contributed by atoms with Crippen LogP contribution in [0.25, 0.3) is 0 Å². The van der Waals surface area contributed by atoms with Gasteiger partial charge in [0.15, 0.2) is 0 Å². The molecule has 1 nitrogen and oxygen atoms in total. The molecule has 0 radical (unpaired) electrons. The zero-order chi connectivity index (χ0) is 9.14. The molecule has 0 aliphatic heterocycles. The van der Waals surface area contributed by atoms with E-state index in [-0.39, 0.29) is 0 Å². The van der Waals surface area contributed by atoms with E-state index >= 15 is 0 Å². The second-order valence-electron chi connectivity index (χ2n) is 2.13. The Morgan fingerprint density at radius 3 is 2.67 bits per heavy atom. The number of hydrogen-bond acceptors (Lipinski definition) is 1. The first kappa shape index (κ1) is 9.85. The summed E-state index contributed by atoms with van der Waals surface area (Å²) in [6, 6.07) is 7.23. The molecule has 62 valence electrons. The lowest BCUT2D eigenvalue weighted by atomic mass is 10.2. The Morgan fingerprint density at radius 2 is 2.08 bits per heavy atom. The van der Waals surface area contributed by atoms with E-state index in [4.69, 9.17) is 28.5 Å². The number of rotatable bonds is 1. The topological polar surface area (TPSA) is 23.8 Å². The van der Waals surface area contributed by atoms with Crippen molar-refractivity contribution in [3.63, 3.8) is 0 Å². The molecule has 1 rings (SSSR count). The Labute approximate surface area is 89.0 Å². The van der Waals surface area contributed by atoms with Crippen LogP contribution >= 0.6 is 39.1 Å². The molecule has 0 N–H and O–H groups in total. The average Bonchev–Trinajstić information content (AvgIpc) is 2.08. The smallest absolute Gasteiger partial charge is 0.128 e. The predicted octanol–water partition coefficient (Wildman–Crippen LogP) is 3.95. The van der Waals surface area contributed by atoms with E-state index in [1.165, 1.54) is 0 Å². The molecule has 4 heteroatoms. The molecule has 1 atom stereocenters. The van der Waals surface area contributed by atoms with Crippen LogP contribution in [-0.2, 0) is 0 Å². The van der Waals surface area contributed by atoms with Gasteiger partial charge >= 0.3 is 0 Å². The van der Waals surface area contributed by atoms with E-state index in [0.717, 1.165) is 0 Å². The van der Waals surface area contributed by atoms with Gasteiger partial charge in [0.25, 0.3) is 0 Å². The van der Waals surface area contributed by atoms with E-state index in [9.17, 15) is 0 Å². The zero-order valence-electron chi connectivity index (χ0n) is 5.89. The first-order chi connectivity index (χ1) is 5.66. The zero-order valence-corrected chi connectivity index (χ0v) is 8.99. The van der Waals surface area contributed by atoms with Crippen LogP contribution in [0.4, 0.5) is 0 Å². The van der Waals surface area contributed by atoms with Crippen LogP contribution in [0, 0.1) is 11.3 Å². The molecule has 0 heterocycles. The van der Waals surface area contributed by atoms with Gasteiger partial charge in [-0.05, 0) is 11.6 Å². The average molecular weight is 265 g/mol. The minimum atomic E-state index is -0.399. The largest absolute Gasteiger partial charge is 0.197 e. The van der Waals surface area contributed by atoms with Gasteiger partial charge in [-0.25, -0.2) is 0 Å². The minimum Gasteiger partial charge on any atom is -0.197 e. The van der Waals surface area contributed by atoms with Crippen molar-refractivity contribution in [1.82, 2.24) is 0 Å². The third kappa shape index (κ3) is 1.92. The highest BCUT2D eigenvalue weighted by atomic mass is 79.9. The lowest BCUT2D eigenvalue weighted by Crippen LogP contribution is -1.87. The molecule has 0 spiro atoms. The molecule has 0 saturated heterocycles. The summed E-state index contributed by atoms with van der Waals surface area (Å²) < 4.78 is 0. The number of hydrogen-bond donors (Lipinski definition) is 0. The second-order valence-corrected chi connectivity index (χ2v) is 3.84. The molecule has 1 unspecified atom stereocenters. The fourth-order valence-corrected chi connectivity index (χ4v) is 1.72. The van der Waals surface area contributed by atoms with Crippen LogP contribution in [0.15, 0.2) is 18.2 Å².